The van der Waals surface area contributed by atoms with Crippen molar-refractivity contribution in [1.82, 2.24) is 5.32 Å². The zero-order valence-electron chi connectivity index (χ0n) is 11.6. The monoisotopic (exact) mass is 361 g/mol. The highest BCUT2D eigenvalue weighted by Crippen LogP contribution is 2.15. The lowest BCUT2D eigenvalue weighted by atomic mass is 10.2. The predicted molar refractivity (Wildman–Crippen MR) is 85.6 cm³/mol. The fourth-order valence-corrected chi connectivity index (χ4v) is 1.86. The van der Waals surface area contributed by atoms with E-state index in [1.165, 1.54) is 6.07 Å². The highest BCUT2D eigenvalue weighted by Gasteiger charge is 2.00. The molecular formula is C17H13BrFNO2. The maximum atomic E-state index is 13.3. The van der Waals surface area contributed by atoms with E-state index >= 15 is 0 Å². The fraction of sp³-hybridized carbons (Fsp3) is 0.118. The van der Waals surface area contributed by atoms with Crippen LogP contribution in [0.2, 0.25) is 0 Å². The topological polar surface area (TPSA) is 38.3 Å². The van der Waals surface area contributed by atoms with Gasteiger partial charge < -0.3 is 10.1 Å². The van der Waals surface area contributed by atoms with Crippen LogP contribution in [0.5, 0.6) is 0 Å². The maximum absolute atomic E-state index is 13.3. The summed E-state index contributed by atoms with van der Waals surface area (Å²) in [6.45, 7) is 0.337. The lowest BCUT2D eigenvalue weighted by molar-refractivity contribution is 0.141. The van der Waals surface area contributed by atoms with Gasteiger partial charge in [0.2, 0.25) is 0 Å². The van der Waals surface area contributed by atoms with Crippen molar-refractivity contribution in [3.63, 3.8) is 0 Å². The van der Waals surface area contributed by atoms with Gasteiger partial charge in [-0.05, 0) is 39.7 Å². The van der Waals surface area contributed by atoms with E-state index in [-0.39, 0.29) is 19.0 Å². The zero-order chi connectivity index (χ0) is 15.8. The van der Waals surface area contributed by atoms with Crippen LogP contribution < -0.4 is 5.32 Å². The van der Waals surface area contributed by atoms with Crippen molar-refractivity contribution in [2.24, 2.45) is 0 Å². The molecule has 1 N–H and O–H groups in total. The molecule has 0 heterocycles. The molecule has 22 heavy (non-hydrogen) atoms. The largest absolute Gasteiger partial charge is 0.445 e. The molecule has 1 amide bonds. The molecule has 0 fully saturated rings. The number of halogens is 2. The second-order valence-corrected chi connectivity index (χ2v) is 5.20. The van der Waals surface area contributed by atoms with Crippen LogP contribution in [0.4, 0.5) is 9.18 Å². The van der Waals surface area contributed by atoms with Crippen LogP contribution in [0.25, 0.3) is 0 Å². The van der Waals surface area contributed by atoms with Crippen LogP contribution in [-0.4, -0.2) is 12.6 Å². The van der Waals surface area contributed by atoms with Gasteiger partial charge in [-0.2, -0.15) is 0 Å². The standard InChI is InChI=1S/C17H13BrFNO2/c18-15-9-8-13(11-16(15)19)7-4-10-20-17(21)22-12-14-5-2-1-3-6-14/h1-3,5-6,8-9,11H,10,12H2,(H,20,21). The Morgan fingerprint density at radius 2 is 2.00 bits per heavy atom. The molecule has 0 aliphatic carbocycles. The first-order chi connectivity index (χ1) is 10.6. The van der Waals surface area contributed by atoms with Crippen molar-refractivity contribution >= 4 is 22.0 Å². The van der Waals surface area contributed by atoms with Gasteiger partial charge in [0.25, 0.3) is 0 Å². The average molecular weight is 362 g/mol. The van der Waals surface area contributed by atoms with Gasteiger partial charge in [0, 0.05) is 5.56 Å². The van der Waals surface area contributed by atoms with Gasteiger partial charge in [-0.15, -0.1) is 0 Å². The van der Waals surface area contributed by atoms with E-state index in [1.54, 1.807) is 12.1 Å². The fourth-order valence-electron chi connectivity index (χ4n) is 1.61. The van der Waals surface area contributed by atoms with Gasteiger partial charge >= 0.3 is 6.09 Å². The number of benzene rings is 2. The third kappa shape index (κ3) is 5.23. The van der Waals surface area contributed by atoms with Gasteiger partial charge in [-0.3, -0.25) is 0 Å². The summed E-state index contributed by atoms with van der Waals surface area (Å²) >= 11 is 3.07. The second kappa shape index (κ2) is 8.20. The first-order valence-electron chi connectivity index (χ1n) is 6.53. The van der Waals surface area contributed by atoms with E-state index in [0.29, 0.717) is 10.0 Å². The molecule has 0 saturated carbocycles. The van der Waals surface area contributed by atoms with E-state index in [1.807, 2.05) is 30.3 Å². The number of rotatable bonds is 3. The summed E-state index contributed by atoms with van der Waals surface area (Å²) in [5.74, 6) is 5.12. The van der Waals surface area contributed by atoms with Crippen molar-refractivity contribution in [2.75, 3.05) is 6.54 Å². The third-order valence-electron chi connectivity index (χ3n) is 2.69. The number of carbonyl (C=O) groups excluding carboxylic acids is 1. The lowest BCUT2D eigenvalue weighted by Crippen LogP contribution is -2.24. The second-order valence-electron chi connectivity index (χ2n) is 4.35. The van der Waals surface area contributed by atoms with E-state index in [4.69, 9.17) is 4.74 Å². The van der Waals surface area contributed by atoms with E-state index in [2.05, 4.69) is 33.1 Å². The molecule has 0 atom stereocenters. The Labute approximate surface area is 136 Å². The summed E-state index contributed by atoms with van der Waals surface area (Å²) < 4.78 is 18.7. The molecule has 112 valence electrons. The van der Waals surface area contributed by atoms with Crippen LogP contribution in [-0.2, 0) is 11.3 Å². The Hall–Kier alpha value is -2.32. The molecule has 0 saturated heterocycles. The zero-order valence-corrected chi connectivity index (χ0v) is 13.2. The molecule has 0 spiro atoms. The van der Waals surface area contributed by atoms with Gasteiger partial charge in [-0.25, -0.2) is 9.18 Å². The molecule has 0 aromatic heterocycles. The number of nitrogens with one attached hydrogen (secondary N) is 1. The number of carbonyl (C=O) groups is 1. The Balaban J connectivity index is 1.75. The van der Waals surface area contributed by atoms with Gasteiger partial charge in [0.05, 0.1) is 11.0 Å². The van der Waals surface area contributed by atoms with Crippen molar-refractivity contribution in [3.8, 4) is 11.8 Å². The minimum Gasteiger partial charge on any atom is -0.445 e. The van der Waals surface area contributed by atoms with E-state index < -0.39 is 6.09 Å². The minimum absolute atomic E-state index is 0.130. The number of alkyl carbamates (subject to hydrolysis) is 1. The van der Waals surface area contributed by atoms with Gasteiger partial charge in [0.15, 0.2) is 0 Å². The third-order valence-corrected chi connectivity index (χ3v) is 3.33. The van der Waals surface area contributed by atoms with E-state index in [9.17, 15) is 9.18 Å². The molecule has 0 aliphatic heterocycles. The number of amides is 1. The van der Waals surface area contributed by atoms with Crippen LogP contribution in [0.3, 0.4) is 0 Å². The van der Waals surface area contributed by atoms with E-state index in [0.717, 1.165) is 5.56 Å². The minimum atomic E-state index is -0.542. The summed E-state index contributed by atoms with van der Waals surface area (Å²) in [7, 11) is 0. The Morgan fingerprint density at radius 1 is 1.23 bits per heavy atom. The maximum Gasteiger partial charge on any atom is 0.408 e. The molecule has 5 heteroatoms. The molecule has 0 aliphatic rings. The molecule has 0 radical (unpaired) electrons. The highest BCUT2D eigenvalue weighted by molar-refractivity contribution is 9.10. The Morgan fingerprint density at radius 3 is 2.73 bits per heavy atom. The van der Waals surface area contributed by atoms with Crippen molar-refractivity contribution in [3.05, 3.63) is 69.9 Å². The Kier molecular flexibility index (Phi) is 5.99. The smallest absolute Gasteiger partial charge is 0.408 e. The normalized spacial score (nSPS) is 9.55. The molecule has 2 rings (SSSR count). The van der Waals surface area contributed by atoms with Crippen LogP contribution >= 0.6 is 15.9 Å². The summed E-state index contributed by atoms with van der Waals surface area (Å²) in [6.07, 6.45) is -0.542. The SMILES string of the molecule is O=C(NCC#Cc1ccc(Br)c(F)c1)OCc1ccccc1. The molecule has 0 unspecified atom stereocenters. The van der Waals surface area contributed by atoms with Crippen molar-refractivity contribution in [2.45, 2.75) is 6.61 Å². The molecule has 0 bridgehead atoms. The van der Waals surface area contributed by atoms with Crippen molar-refractivity contribution in [1.29, 1.82) is 0 Å². The molecule has 3 nitrogen and oxygen atoms in total. The Bertz CT molecular complexity index is 708. The van der Waals surface area contributed by atoms with Gasteiger partial charge in [-0.1, -0.05) is 42.2 Å². The lowest BCUT2D eigenvalue weighted by Gasteiger charge is -2.04. The quantitative estimate of drug-likeness (QED) is 0.842. The predicted octanol–water partition coefficient (Wildman–Crippen LogP) is 3.87. The summed E-state index contributed by atoms with van der Waals surface area (Å²) in [6, 6.07) is 14.0. The first kappa shape index (κ1) is 16.1. The highest BCUT2D eigenvalue weighted by atomic mass is 79.9. The summed E-state index contributed by atoms with van der Waals surface area (Å²) in [4.78, 5) is 11.5. The van der Waals surface area contributed by atoms with Crippen LogP contribution in [0.15, 0.2) is 53.0 Å². The van der Waals surface area contributed by atoms with Gasteiger partial charge in [0.1, 0.15) is 12.4 Å². The van der Waals surface area contributed by atoms with Crippen LogP contribution in [0.1, 0.15) is 11.1 Å². The van der Waals surface area contributed by atoms with Crippen LogP contribution in [0, 0.1) is 17.7 Å². The summed E-state index contributed by atoms with van der Waals surface area (Å²) in [5.41, 5.74) is 1.45. The molecule has 2 aromatic carbocycles. The summed E-state index contributed by atoms with van der Waals surface area (Å²) in [5, 5.41) is 2.51. The average Bonchev–Trinajstić information content (AvgIpc) is 2.54. The number of ether oxygens (including phenoxy) is 1. The number of hydrogen-bond donors (Lipinski definition) is 1. The molecular weight excluding hydrogens is 349 g/mol. The van der Waals surface area contributed by atoms with Crippen molar-refractivity contribution < 1.29 is 13.9 Å². The first-order valence-corrected chi connectivity index (χ1v) is 7.33. The molecule has 2 aromatic rings. The number of hydrogen-bond acceptors (Lipinski definition) is 2.